The van der Waals surface area contributed by atoms with Crippen LogP contribution in [0.1, 0.15) is 38.2 Å². The van der Waals surface area contributed by atoms with E-state index in [-0.39, 0.29) is 24.8 Å². The highest BCUT2D eigenvalue weighted by atomic mass is 16.2. The summed E-state index contributed by atoms with van der Waals surface area (Å²) >= 11 is 0. The van der Waals surface area contributed by atoms with Crippen molar-refractivity contribution in [1.82, 2.24) is 10.6 Å². The molecule has 0 spiro atoms. The van der Waals surface area contributed by atoms with E-state index < -0.39 is 0 Å². The Balaban J connectivity index is 1.35. The fourth-order valence-electron chi connectivity index (χ4n) is 4.09. The lowest BCUT2D eigenvalue weighted by Gasteiger charge is -2.30. The Morgan fingerprint density at radius 1 is 1.04 bits per heavy atom. The van der Waals surface area contributed by atoms with E-state index in [9.17, 15) is 9.59 Å². The molecule has 1 fully saturated rings. The van der Waals surface area contributed by atoms with Crippen LogP contribution in [0, 0.1) is 0 Å². The van der Waals surface area contributed by atoms with E-state index in [0.29, 0.717) is 6.54 Å². The summed E-state index contributed by atoms with van der Waals surface area (Å²) in [5, 5.41) is 7.86. The average Bonchev–Trinajstić information content (AvgIpc) is 2.71. The molecule has 2 atom stereocenters. The van der Waals surface area contributed by atoms with E-state index in [4.69, 9.17) is 0 Å². The number of hydrogen-bond donors (Lipinski definition) is 3. The third-order valence-corrected chi connectivity index (χ3v) is 5.76. The molecule has 5 nitrogen and oxygen atoms in total. The van der Waals surface area contributed by atoms with Crippen LogP contribution in [0.5, 0.6) is 0 Å². The standard InChI is InChI=1S/C23H31N3O2/c1-18-8-4-5-14-26(18)15-7-13-24-23(28)17-25-22(27)16-20-11-6-10-19-9-2-3-12-21(19)20/h2-3,6,9-12,18H,4-5,7-8,13-17H2,1H3,(H,24,28)(H,25,27)/p+1/t18-/m0/s1. The van der Waals surface area contributed by atoms with E-state index in [1.165, 1.54) is 25.8 Å². The van der Waals surface area contributed by atoms with Gasteiger partial charge < -0.3 is 15.5 Å². The molecule has 5 heteroatoms. The van der Waals surface area contributed by atoms with Crippen LogP contribution in [-0.4, -0.2) is 44.0 Å². The predicted molar refractivity (Wildman–Crippen MR) is 112 cm³/mol. The lowest BCUT2D eigenvalue weighted by Crippen LogP contribution is -3.16. The van der Waals surface area contributed by atoms with Gasteiger partial charge >= 0.3 is 0 Å². The summed E-state index contributed by atoms with van der Waals surface area (Å²) in [4.78, 5) is 25.9. The Morgan fingerprint density at radius 2 is 1.86 bits per heavy atom. The zero-order valence-electron chi connectivity index (χ0n) is 16.8. The van der Waals surface area contributed by atoms with Gasteiger partial charge in [0.25, 0.3) is 0 Å². The summed E-state index contributed by atoms with van der Waals surface area (Å²) in [6.07, 6.45) is 5.24. The van der Waals surface area contributed by atoms with Gasteiger partial charge in [0.2, 0.25) is 11.8 Å². The third-order valence-electron chi connectivity index (χ3n) is 5.76. The number of amides is 2. The van der Waals surface area contributed by atoms with Gasteiger partial charge in [0.05, 0.1) is 32.1 Å². The van der Waals surface area contributed by atoms with Gasteiger partial charge in [0.1, 0.15) is 0 Å². The van der Waals surface area contributed by atoms with Crippen LogP contribution >= 0.6 is 0 Å². The second-order valence-corrected chi connectivity index (χ2v) is 7.85. The van der Waals surface area contributed by atoms with Crippen LogP contribution in [0.25, 0.3) is 10.8 Å². The van der Waals surface area contributed by atoms with E-state index in [1.54, 1.807) is 4.90 Å². The summed E-state index contributed by atoms with van der Waals surface area (Å²) in [6.45, 7) is 5.39. The maximum absolute atomic E-state index is 12.2. The topological polar surface area (TPSA) is 62.6 Å². The number of nitrogens with one attached hydrogen (secondary N) is 3. The number of piperidine rings is 1. The largest absolute Gasteiger partial charge is 0.354 e. The first-order valence-corrected chi connectivity index (χ1v) is 10.5. The van der Waals surface area contributed by atoms with Crippen molar-refractivity contribution in [2.45, 2.75) is 45.1 Å². The fraction of sp³-hybridized carbons (Fsp3) is 0.478. The molecule has 1 aliphatic heterocycles. The van der Waals surface area contributed by atoms with Crippen molar-refractivity contribution in [2.24, 2.45) is 0 Å². The number of benzene rings is 2. The van der Waals surface area contributed by atoms with Crippen LogP contribution in [0.3, 0.4) is 0 Å². The number of carbonyl (C=O) groups is 2. The van der Waals surface area contributed by atoms with E-state index >= 15 is 0 Å². The summed E-state index contributed by atoms with van der Waals surface area (Å²) in [5.41, 5.74) is 0.981. The molecule has 1 unspecified atom stereocenters. The number of rotatable bonds is 8. The van der Waals surface area contributed by atoms with E-state index in [1.807, 2.05) is 42.5 Å². The monoisotopic (exact) mass is 382 g/mol. The number of hydrogen-bond acceptors (Lipinski definition) is 2. The molecule has 0 saturated carbocycles. The lowest BCUT2D eigenvalue weighted by atomic mass is 10.0. The fourth-order valence-corrected chi connectivity index (χ4v) is 4.09. The Hall–Kier alpha value is -2.40. The van der Waals surface area contributed by atoms with Gasteiger partial charge in [-0.2, -0.15) is 0 Å². The summed E-state index contributed by atoms with van der Waals surface area (Å²) in [7, 11) is 0. The van der Waals surface area contributed by atoms with Gasteiger partial charge in [-0.1, -0.05) is 42.5 Å². The number of likely N-dealkylation sites (tertiary alicyclic amines) is 1. The van der Waals surface area contributed by atoms with Crippen molar-refractivity contribution in [3.8, 4) is 0 Å². The predicted octanol–water partition coefficient (Wildman–Crippen LogP) is 1.46. The van der Waals surface area contributed by atoms with Gasteiger partial charge in [-0.3, -0.25) is 9.59 Å². The second-order valence-electron chi connectivity index (χ2n) is 7.85. The Morgan fingerprint density at radius 3 is 2.71 bits per heavy atom. The van der Waals surface area contributed by atoms with Gasteiger partial charge in [0, 0.05) is 13.0 Å². The highest BCUT2D eigenvalue weighted by molar-refractivity contribution is 5.91. The first-order valence-electron chi connectivity index (χ1n) is 10.5. The van der Waals surface area contributed by atoms with Crippen LogP contribution in [0.2, 0.25) is 0 Å². The number of carbonyl (C=O) groups excluding carboxylic acids is 2. The summed E-state index contributed by atoms with van der Waals surface area (Å²) < 4.78 is 0. The molecule has 0 bridgehead atoms. The Bertz CT molecular complexity index is 800. The Kier molecular flexibility index (Phi) is 7.43. The Labute approximate surface area is 167 Å². The van der Waals surface area contributed by atoms with Crippen LogP contribution in [-0.2, 0) is 16.0 Å². The van der Waals surface area contributed by atoms with Crippen LogP contribution in [0.4, 0.5) is 0 Å². The minimum Gasteiger partial charge on any atom is -0.354 e. The molecular weight excluding hydrogens is 350 g/mol. The van der Waals surface area contributed by atoms with Gasteiger partial charge in [-0.25, -0.2) is 0 Å². The molecule has 0 aromatic heterocycles. The second kappa shape index (κ2) is 10.2. The third kappa shape index (κ3) is 5.80. The molecule has 0 aliphatic carbocycles. The van der Waals surface area contributed by atoms with E-state index in [2.05, 4.69) is 17.6 Å². The molecule has 1 aliphatic rings. The molecular formula is C23H32N3O2+. The molecule has 2 amide bonds. The van der Waals surface area contributed by atoms with Crippen molar-refractivity contribution in [1.29, 1.82) is 0 Å². The normalized spacial score (nSPS) is 19.3. The maximum atomic E-state index is 12.2. The quantitative estimate of drug-likeness (QED) is 0.606. The molecule has 1 saturated heterocycles. The van der Waals surface area contributed by atoms with Crippen molar-refractivity contribution in [3.05, 3.63) is 48.0 Å². The molecule has 0 radical (unpaired) electrons. The zero-order valence-corrected chi connectivity index (χ0v) is 16.8. The highest BCUT2D eigenvalue weighted by Crippen LogP contribution is 2.18. The molecule has 2 aromatic rings. The van der Waals surface area contributed by atoms with Crippen molar-refractivity contribution in [2.75, 3.05) is 26.2 Å². The highest BCUT2D eigenvalue weighted by Gasteiger charge is 2.20. The molecule has 1 heterocycles. The molecule has 3 rings (SSSR count). The average molecular weight is 383 g/mol. The van der Waals surface area contributed by atoms with Gasteiger partial charge in [0.15, 0.2) is 0 Å². The minimum absolute atomic E-state index is 0.0383. The lowest BCUT2D eigenvalue weighted by molar-refractivity contribution is -0.928. The maximum Gasteiger partial charge on any atom is 0.239 e. The zero-order chi connectivity index (χ0) is 19.8. The molecule has 3 N–H and O–H groups in total. The summed E-state index contributed by atoms with van der Waals surface area (Å²) in [5.74, 6) is -0.244. The van der Waals surface area contributed by atoms with E-state index in [0.717, 1.165) is 35.3 Å². The molecule has 2 aromatic carbocycles. The first-order chi connectivity index (χ1) is 13.6. The van der Waals surface area contributed by atoms with Crippen LogP contribution < -0.4 is 15.5 Å². The number of quaternary nitrogens is 1. The summed E-state index contributed by atoms with van der Waals surface area (Å²) in [6, 6.07) is 14.7. The van der Waals surface area contributed by atoms with Crippen LogP contribution in [0.15, 0.2) is 42.5 Å². The molecule has 150 valence electrons. The first kappa shape index (κ1) is 20.3. The minimum atomic E-state index is -0.127. The van der Waals surface area contributed by atoms with Gasteiger partial charge in [-0.15, -0.1) is 0 Å². The van der Waals surface area contributed by atoms with Crippen molar-refractivity contribution >= 4 is 22.6 Å². The smallest absolute Gasteiger partial charge is 0.239 e. The SMILES string of the molecule is C[C@H]1CCCC[NH+]1CCCNC(=O)CNC(=O)Cc1cccc2ccccc12. The molecule has 28 heavy (non-hydrogen) atoms. The van der Waals surface area contributed by atoms with Crippen molar-refractivity contribution < 1.29 is 14.5 Å². The van der Waals surface area contributed by atoms with Gasteiger partial charge in [-0.05, 0) is 42.5 Å². The number of fused-ring (bicyclic) bond motifs is 1. The van der Waals surface area contributed by atoms with Crippen molar-refractivity contribution in [3.63, 3.8) is 0 Å².